The van der Waals surface area contributed by atoms with Gasteiger partial charge in [-0.2, -0.15) is 0 Å². The van der Waals surface area contributed by atoms with Crippen LogP contribution in [0.3, 0.4) is 0 Å². The van der Waals surface area contributed by atoms with Crippen LogP contribution in [0, 0.1) is 0 Å². The molecule has 66 valence electrons. The number of rotatable bonds is 2. The van der Waals surface area contributed by atoms with E-state index in [4.69, 9.17) is 5.14 Å². The van der Waals surface area contributed by atoms with Gasteiger partial charge in [0, 0.05) is 11.2 Å². The van der Waals surface area contributed by atoms with Crippen molar-refractivity contribution in [2.24, 2.45) is 5.14 Å². The quantitative estimate of drug-likeness (QED) is 0.730. The van der Waals surface area contributed by atoms with Gasteiger partial charge < -0.3 is 0 Å². The molecule has 0 amide bonds. The van der Waals surface area contributed by atoms with E-state index in [1.165, 1.54) is 6.26 Å². The molecule has 0 aliphatic rings. The average molecular weight is 203 g/mol. The number of sulfone groups is 1. The molecule has 0 atom stereocenters. The summed E-state index contributed by atoms with van der Waals surface area (Å²) in [6.07, 6.45) is 1.17. The van der Waals surface area contributed by atoms with Crippen LogP contribution in [-0.4, -0.2) is 14.7 Å². The van der Waals surface area contributed by atoms with Crippen molar-refractivity contribution in [1.82, 2.24) is 0 Å². The molecule has 0 fully saturated rings. The van der Waals surface area contributed by atoms with Gasteiger partial charge in [0.25, 0.3) is 0 Å². The van der Waals surface area contributed by atoms with Gasteiger partial charge in [-0.3, -0.25) is 5.14 Å². The van der Waals surface area contributed by atoms with Crippen molar-refractivity contribution in [3.05, 3.63) is 24.3 Å². The summed E-state index contributed by atoms with van der Waals surface area (Å²) in [6, 6.07) is 6.54. The molecule has 0 unspecified atom stereocenters. The Morgan fingerprint density at radius 1 is 1.42 bits per heavy atom. The number of hydrogen-bond acceptors (Lipinski definition) is 4. The molecule has 0 bridgehead atoms. The molecule has 0 saturated carbocycles. The van der Waals surface area contributed by atoms with E-state index >= 15 is 0 Å². The molecule has 0 aromatic heterocycles. The molecule has 1 rings (SSSR count). The minimum absolute atomic E-state index is 0.304. The lowest BCUT2D eigenvalue weighted by molar-refractivity contribution is 0.601. The maximum atomic E-state index is 11.1. The zero-order chi connectivity index (χ0) is 9.19. The molecule has 5 heteroatoms. The summed E-state index contributed by atoms with van der Waals surface area (Å²) in [5, 5.41) is 5.28. The Morgan fingerprint density at radius 2 is 2.08 bits per heavy atom. The third-order valence-electron chi connectivity index (χ3n) is 1.37. The van der Waals surface area contributed by atoms with Crippen LogP contribution < -0.4 is 5.14 Å². The summed E-state index contributed by atoms with van der Waals surface area (Å²) in [5.41, 5.74) is 0. The molecule has 1 aromatic carbocycles. The lowest BCUT2D eigenvalue weighted by Crippen LogP contribution is -1.96. The molecule has 0 radical (unpaired) electrons. The smallest absolute Gasteiger partial charge is 0.175 e. The fourth-order valence-corrected chi connectivity index (χ4v) is 1.87. The molecule has 0 aliphatic carbocycles. The normalized spacial score (nSPS) is 11.5. The van der Waals surface area contributed by atoms with Crippen molar-refractivity contribution in [3.63, 3.8) is 0 Å². The molecule has 2 N–H and O–H groups in total. The Balaban J connectivity index is 3.20. The molecular formula is C7H9NO2S2. The minimum atomic E-state index is -3.10. The highest BCUT2D eigenvalue weighted by Gasteiger charge is 2.06. The van der Waals surface area contributed by atoms with Crippen LogP contribution in [0.5, 0.6) is 0 Å². The lowest BCUT2D eigenvalue weighted by atomic mass is 10.4. The number of benzene rings is 1. The van der Waals surface area contributed by atoms with Crippen LogP contribution in [0.4, 0.5) is 0 Å². The van der Waals surface area contributed by atoms with Gasteiger partial charge >= 0.3 is 0 Å². The van der Waals surface area contributed by atoms with Crippen LogP contribution in [0.2, 0.25) is 0 Å². The molecular weight excluding hydrogens is 194 g/mol. The van der Waals surface area contributed by atoms with E-state index in [1.807, 2.05) is 0 Å². The standard InChI is InChI=1S/C7H9NO2S2/c1-12(9,10)7-4-2-3-6(5-7)11-8/h2-5H,8H2,1H3. The first-order valence-electron chi connectivity index (χ1n) is 3.21. The Kier molecular flexibility index (Phi) is 2.76. The lowest BCUT2D eigenvalue weighted by Gasteiger charge is -1.99. The fourth-order valence-electron chi connectivity index (χ4n) is 0.778. The maximum Gasteiger partial charge on any atom is 0.175 e. The van der Waals surface area contributed by atoms with Gasteiger partial charge in [-0.15, -0.1) is 0 Å². The van der Waals surface area contributed by atoms with Gasteiger partial charge in [-0.25, -0.2) is 8.42 Å². The monoisotopic (exact) mass is 203 g/mol. The predicted octanol–water partition coefficient (Wildman–Crippen LogP) is 1.06. The summed E-state index contributed by atoms with van der Waals surface area (Å²) >= 11 is 1.03. The van der Waals surface area contributed by atoms with Crippen LogP contribution in [0.25, 0.3) is 0 Å². The largest absolute Gasteiger partial charge is 0.274 e. The van der Waals surface area contributed by atoms with Gasteiger partial charge in [0.05, 0.1) is 4.90 Å². The number of hydrogen-bond donors (Lipinski definition) is 1. The summed E-state index contributed by atoms with van der Waals surface area (Å²) < 4.78 is 22.1. The maximum absolute atomic E-state index is 11.1. The predicted molar refractivity (Wildman–Crippen MR) is 49.6 cm³/mol. The summed E-state index contributed by atoms with van der Waals surface area (Å²) in [4.78, 5) is 1.05. The summed E-state index contributed by atoms with van der Waals surface area (Å²) in [7, 11) is -3.10. The number of nitrogens with two attached hydrogens (primary N) is 1. The highest BCUT2D eigenvalue weighted by atomic mass is 32.2. The zero-order valence-electron chi connectivity index (χ0n) is 6.52. The van der Waals surface area contributed by atoms with Crippen molar-refractivity contribution in [2.45, 2.75) is 9.79 Å². The van der Waals surface area contributed by atoms with E-state index in [9.17, 15) is 8.42 Å². The first kappa shape index (κ1) is 9.57. The minimum Gasteiger partial charge on any atom is -0.274 e. The molecule has 12 heavy (non-hydrogen) atoms. The van der Waals surface area contributed by atoms with E-state index < -0.39 is 9.84 Å². The first-order valence-corrected chi connectivity index (χ1v) is 5.98. The van der Waals surface area contributed by atoms with Crippen molar-refractivity contribution in [1.29, 1.82) is 0 Å². The first-order chi connectivity index (χ1) is 5.54. The fraction of sp³-hybridized carbons (Fsp3) is 0.143. The molecule has 3 nitrogen and oxygen atoms in total. The molecule has 0 aliphatic heterocycles. The summed E-state index contributed by atoms with van der Waals surface area (Å²) in [6.45, 7) is 0. The average Bonchev–Trinajstić information content (AvgIpc) is 2.03. The summed E-state index contributed by atoms with van der Waals surface area (Å²) in [5.74, 6) is 0. The van der Waals surface area contributed by atoms with Crippen LogP contribution in [0.15, 0.2) is 34.1 Å². The third-order valence-corrected chi connectivity index (χ3v) is 3.01. The highest BCUT2D eigenvalue weighted by molar-refractivity contribution is 7.97. The second-order valence-electron chi connectivity index (χ2n) is 2.36. The van der Waals surface area contributed by atoms with E-state index in [1.54, 1.807) is 24.3 Å². The topological polar surface area (TPSA) is 60.2 Å². The van der Waals surface area contributed by atoms with Crippen LogP contribution >= 0.6 is 11.9 Å². The Hall–Kier alpha value is -0.520. The third kappa shape index (κ3) is 2.23. The van der Waals surface area contributed by atoms with Gasteiger partial charge in [-0.1, -0.05) is 6.07 Å². The molecule has 0 saturated heterocycles. The van der Waals surface area contributed by atoms with E-state index in [2.05, 4.69) is 0 Å². The van der Waals surface area contributed by atoms with Gasteiger partial charge in [0.1, 0.15) is 0 Å². The molecule has 0 spiro atoms. The van der Waals surface area contributed by atoms with Gasteiger partial charge in [0.15, 0.2) is 9.84 Å². The Morgan fingerprint density at radius 3 is 2.58 bits per heavy atom. The van der Waals surface area contributed by atoms with Crippen molar-refractivity contribution >= 4 is 21.8 Å². The van der Waals surface area contributed by atoms with E-state index in [0.29, 0.717) is 4.90 Å². The van der Waals surface area contributed by atoms with Gasteiger partial charge in [0.2, 0.25) is 0 Å². The Bertz CT molecular complexity index is 373. The second kappa shape index (κ2) is 3.47. The highest BCUT2D eigenvalue weighted by Crippen LogP contribution is 2.16. The van der Waals surface area contributed by atoms with E-state index in [0.717, 1.165) is 16.8 Å². The van der Waals surface area contributed by atoms with Gasteiger partial charge in [-0.05, 0) is 30.1 Å². The van der Waals surface area contributed by atoms with E-state index in [-0.39, 0.29) is 0 Å². The van der Waals surface area contributed by atoms with Crippen LogP contribution in [-0.2, 0) is 9.84 Å². The Labute approximate surface area is 76.0 Å². The van der Waals surface area contributed by atoms with Crippen LogP contribution in [0.1, 0.15) is 0 Å². The SMILES string of the molecule is CS(=O)(=O)c1cccc(SN)c1. The molecule has 0 heterocycles. The van der Waals surface area contributed by atoms with Crippen molar-refractivity contribution < 1.29 is 8.42 Å². The van der Waals surface area contributed by atoms with Crippen molar-refractivity contribution in [3.8, 4) is 0 Å². The second-order valence-corrected chi connectivity index (χ2v) is 5.09. The van der Waals surface area contributed by atoms with Crippen molar-refractivity contribution in [2.75, 3.05) is 6.26 Å². The molecule has 1 aromatic rings. The zero-order valence-corrected chi connectivity index (χ0v) is 8.15.